The normalized spacial score (nSPS) is 14.9. The van der Waals surface area contributed by atoms with Gasteiger partial charge in [0.25, 0.3) is 0 Å². The van der Waals surface area contributed by atoms with E-state index in [-0.39, 0.29) is 24.2 Å². The molecule has 0 aliphatic carbocycles. The van der Waals surface area contributed by atoms with E-state index in [1.54, 1.807) is 13.1 Å². The molecule has 5 nitrogen and oxygen atoms in total. The number of alkyl halides is 3. The van der Waals surface area contributed by atoms with Gasteiger partial charge in [-0.1, -0.05) is 24.3 Å². The molecule has 1 N–H and O–H groups in total. The second kappa shape index (κ2) is 8.95. The Labute approximate surface area is 173 Å². The first-order valence-electron chi connectivity index (χ1n) is 9.66. The zero-order valence-electron chi connectivity index (χ0n) is 17.2. The highest BCUT2D eigenvalue weighted by molar-refractivity contribution is 5.79. The first kappa shape index (κ1) is 22.0. The molecule has 1 heterocycles. The smallest absolute Gasteiger partial charge is 0.488 e. The predicted molar refractivity (Wildman–Crippen MR) is 106 cm³/mol. The van der Waals surface area contributed by atoms with E-state index in [1.807, 2.05) is 26.0 Å². The van der Waals surface area contributed by atoms with Gasteiger partial charge in [-0.15, -0.1) is 13.2 Å². The fourth-order valence-electron chi connectivity index (χ4n) is 3.67. The van der Waals surface area contributed by atoms with Crippen molar-refractivity contribution >= 4 is 5.91 Å². The van der Waals surface area contributed by atoms with E-state index in [4.69, 9.17) is 4.74 Å². The molecule has 8 heteroatoms. The van der Waals surface area contributed by atoms with Gasteiger partial charge in [0.1, 0.15) is 18.1 Å². The summed E-state index contributed by atoms with van der Waals surface area (Å²) in [6.07, 6.45) is -4.72. The SMILES string of the molecule is CNC(=O)C1CN(Cc2cc(C)c(OCc3cccc(OC(F)(F)F)c3)c(C)c2)C1. The Morgan fingerprint density at radius 1 is 1.13 bits per heavy atom. The number of likely N-dealkylation sites (tertiary alicyclic amines) is 1. The number of nitrogens with one attached hydrogen (secondary N) is 1. The van der Waals surface area contributed by atoms with Crippen molar-refractivity contribution < 1.29 is 27.4 Å². The molecule has 3 rings (SSSR count). The molecule has 0 atom stereocenters. The molecule has 0 spiro atoms. The number of aryl methyl sites for hydroxylation is 2. The number of rotatable bonds is 7. The third-order valence-corrected chi connectivity index (χ3v) is 5.02. The van der Waals surface area contributed by atoms with Crippen LogP contribution in [0.3, 0.4) is 0 Å². The molecule has 2 aromatic carbocycles. The number of nitrogens with zero attached hydrogens (tertiary/aromatic N) is 1. The van der Waals surface area contributed by atoms with Crippen LogP contribution in [0.4, 0.5) is 13.2 Å². The lowest BCUT2D eigenvalue weighted by Gasteiger charge is -2.38. The van der Waals surface area contributed by atoms with Crippen LogP contribution in [-0.2, 0) is 17.9 Å². The summed E-state index contributed by atoms with van der Waals surface area (Å²) in [6, 6.07) is 9.85. The van der Waals surface area contributed by atoms with Gasteiger partial charge in [-0.2, -0.15) is 0 Å². The molecular formula is C22H25F3N2O3. The van der Waals surface area contributed by atoms with Gasteiger partial charge in [-0.25, -0.2) is 0 Å². The van der Waals surface area contributed by atoms with Crippen LogP contribution in [0.5, 0.6) is 11.5 Å². The summed E-state index contributed by atoms with van der Waals surface area (Å²) < 4.78 is 47.0. The van der Waals surface area contributed by atoms with Crippen LogP contribution in [0.2, 0.25) is 0 Å². The van der Waals surface area contributed by atoms with E-state index >= 15 is 0 Å². The molecule has 0 bridgehead atoms. The van der Waals surface area contributed by atoms with Gasteiger partial charge in [0.2, 0.25) is 5.91 Å². The number of benzene rings is 2. The number of amides is 1. The van der Waals surface area contributed by atoms with Crippen LogP contribution in [-0.4, -0.2) is 37.3 Å². The molecule has 30 heavy (non-hydrogen) atoms. The molecule has 2 aromatic rings. The number of hydrogen-bond donors (Lipinski definition) is 1. The Hall–Kier alpha value is -2.74. The molecule has 0 saturated carbocycles. The van der Waals surface area contributed by atoms with Crippen LogP contribution in [0, 0.1) is 19.8 Å². The monoisotopic (exact) mass is 422 g/mol. The van der Waals surface area contributed by atoms with E-state index in [1.165, 1.54) is 18.2 Å². The van der Waals surface area contributed by atoms with E-state index in [2.05, 4.69) is 15.0 Å². The number of hydrogen-bond acceptors (Lipinski definition) is 4. The molecule has 1 aliphatic heterocycles. The zero-order chi connectivity index (χ0) is 21.9. The van der Waals surface area contributed by atoms with Crippen molar-refractivity contribution in [2.45, 2.75) is 33.4 Å². The summed E-state index contributed by atoms with van der Waals surface area (Å²) in [5.41, 5.74) is 3.63. The summed E-state index contributed by atoms with van der Waals surface area (Å²) in [5, 5.41) is 2.67. The van der Waals surface area contributed by atoms with Gasteiger partial charge < -0.3 is 14.8 Å². The lowest BCUT2D eigenvalue weighted by Crippen LogP contribution is -2.52. The summed E-state index contributed by atoms with van der Waals surface area (Å²) in [6.45, 7) is 6.26. The van der Waals surface area contributed by atoms with Gasteiger partial charge in [0.05, 0.1) is 5.92 Å². The Kier molecular flexibility index (Phi) is 6.55. The fraction of sp³-hybridized carbons (Fsp3) is 0.409. The van der Waals surface area contributed by atoms with Crippen LogP contribution in [0.1, 0.15) is 22.3 Å². The summed E-state index contributed by atoms with van der Waals surface area (Å²) in [4.78, 5) is 13.8. The average Bonchev–Trinajstić information content (AvgIpc) is 2.62. The molecule has 1 amide bonds. The van der Waals surface area contributed by atoms with Crippen LogP contribution in [0.15, 0.2) is 36.4 Å². The number of carbonyl (C=O) groups excluding carboxylic acids is 1. The third kappa shape index (κ3) is 5.66. The van der Waals surface area contributed by atoms with Crippen molar-refractivity contribution in [3.63, 3.8) is 0 Å². The topological polar surface area (TPSA) is 50.8 Å². The van der Waals surface area contributed by atoms with Crippen LogP contribution < -0.4 is 14.8 Å². The number of ether oxygens (including phenoxy) is 2. The van der Waals surface area contributed by atoms with Crippen LogP contribution in [0.25, 0.3) is 0 Å². The minimum Gasteiger partial charge on any atom is -0.488 e. The highest BCUT2D eigenvalue weighted by Crippen LogP contribution is 2.29. The van der Waals surface area contributed by atoms with Crippen molar-refractivity contribution in [2.24, 2.45) is 5.92 Å². The molecular weight excluding hydrogens is 397 g/mol. The van der Waals surface area contributed by atoms with Crippen molar-refractivity contribution in [3.05, 3.63) is 58.7 Å². The fourth-order valence-corrected chi connectivity index (χ4v) is 3.67. The molecule has 1 saturated heterocycles. The zero-order valence-corrected chi connectivity index (χ0v) is 17.2. The molecule has 0 radical (unpaired) electrons. The number of halogens is 3. The maximum Gasteiger partial charge on any atom is 0.573 e. The van der Waals surface area contributed by atoms with E-state index in [0.717, 1.165) is 36.3 Å². The van der Waals surface area contributed by atoms with E-state index in [9.17, 15) is 18.0 Å². The Bertz CT molecular complexity index is 886. The maximum atomic E-state index is 12.4. The van der Waals surface area contributed by atoms with Gasteiger partial charge in [0.15, 0.2) is 0 Å². The Morgan fingerprint density at radius 3 is 2.40 bits per heavy atom. The second-order valence-electron chi connectivity index (χ2n) is 7.55. The minimum absolute atomic E-state index is 0.0527. The van der Waals surface area contributed by atoms with Crippen molar-refractivity contribution in [3.8, 4) is 11.5 Å². The quantitative estimate of drug-likeness (QED) is 0.734. The average molecular weight is 422 g/mol. The Morgan fingerprint density at radius 2 is 1.80 bits per heavy atom. The standard InChI is InChI=1S/C22H25F3N2O3/c1-14-7-17(10-27-11-18(12-27)21(28)26-3)8-15(2)20(14)29-13-16-5-4-6-19(9-16)30-22(23,24)25/h4-9,18H,10-13H2,1-3H3,(H,26,28). The predicted octanol–water partition coefficient (Wildman–Crippen LogP) is 3.96. The van der Waals surface area contributed by atoms with Gasteiger partial charge in [0, 0.05) is 26.7 Å². The van der Waals surface area contributed by atoms with Crippen LogP contribution >= 0.6 is 0 Å². The molecule has 0 unspecified atom stereocenters. The highest BCUT2D eigenvalue weighted by Gasteiger charge is 2.32. The van der Waals surface area contributed by atoms with Gasteiger partial charge in [-0.3, -0.25) is 9.69 Å². The van der Waals surface area contributed by atoms with E-state index in [0.29, 0.717) is 11.3 Å². The first-order valence-corrected chi connectivity index (χ1v) is 9.66. The second-order valence-corrected chi connectivity index (χ2v) is 7.55. The first-order chi connectivity index (χ1) is 14.1. The Balaban J connectivity index is 1.60. The van der Waals surface area contributed by atoms with E-state index < -0.39 is 6.36 Å². The minimum atomic E-state index is -4.72. The molecule has 1 aliphatic rings. The maximum absolute atomic E-state index is 12.4. The summed E-state index contributed by atoms with van der Waals surface area (Å²) in [7, 11) is 1.65. The lowest BCUT2D eigenvalue weighted by molar-refractivity contribution is -0.274. The van der Waals surface area contributed by atoms with Crippen molar-refractivity contribution in [1.29, 1.82) is 0 Å². The van der Waals surface area contributed by atoms with Crippen molar-refractivity contribution in [1.82, 2.24) is 10.2 Å². The highest BCUT2D eigenvalue weighted by atomic mass is 19.4. The lowest BCUT2D eigenvalue weighted by atomic mass is 9.97. The largest absolute Gasteiger partial charge is 0.573 e. The molecule has 0 aromatic heterocycles. The van der Waals surface area contributed by atoms with Crippen molar-refractivity contribution in [2.75, 3.05) is 20.1 Å². The molecule has 1 fully saturated rings. The summed E-state index contributed by atoms with van der Waals surface area (Å²) in [5.74, 6) is 0.577. The summed E-state index contributed by atoms with van der Waals surface area (Å²) >= 11 is 0. The van der Waals surface area contributed by atoms with Gasteiger partial charge in [-0.05, 0) is 48.2 Å². The number of carbonyl (C=O) groups is 1. The van der Waals surface area contributed by atoms with Gasteiger partial charge >= 0.3 is 6.36 Å². The third-order valence-electron chi connectivity index (χ3n) is 5.02. The molecule has 162 valence electrons.